The third-order valence-electron chi connectivity index (χ3n) is 4.05. The first-order chi connectivity index (χ1) is 10.2. The maximum atomic E-state index is 6.38. The van der Waals surface area contributed by atoms with Crippen molar-refractivity contribution in [2.75, 3.05) is 33.6 Å². The molecule has 2 N–H and O–H groups in total. The number of nitrogens with two attached hydrogens (primary N) is 1. The van der Waals surface area contributed by atoms with Gasteiger partial charge in [-0.05, 0) is 31.0 Å². The Morgan fingerprint density at radius 1 is 1.33 bits per heavy atom. The summed E-state index contributed by atoms with van der Waals surface area (Å²) < 4.78 is 15.9. The van der Waals surface area contributed by atoms with Crippen molar-refractivity contribution in [1.82, 2.24) is 4.90 Å². The van der Waals surface area contributed by atoms with Crippen LogP contribution in [0.1, 0.15) is 31.9 Å². The summed E-state index contributed by atoms with van der Waals surface area (Å²) in [6.07, 6.45) is 1.09. The molecule has 0 radical (unpaired) electrons. The molecule has 5 nitrogen and oxygen atoms in total. The molecule has 0 amide bonds. The molecule has 2 atom stereocenters. The number of methoxy groups -OCH3 is 1. The number of fused-ring (bicyclic) bond motifs is 1. The summed E-state index contributed by atoms with van der Waals surface area (Å²) in [6, 6.07) is 6.37. The van der Waals surface area contributed by atoms with Crippen LogP contribution in [0.5, 0.6) is 11.5 Å². The Hall–Kier alpha value is -1.30. The lowest BCUT2D eigenvalue weighted by atomic mass is 10.1. The van der Waals surface area contributed by atoms with E-state index in [4.69, 9.17) is 19.9 Å². The summed E-state index contributed by atoms with van der Waals surface area (Å²) in [5.41, 5.74) is 7.45. The molecule has 21 heavy (non-hydrogen) atoms. The Kier molecular flexibility index (Phi) is 5.85. The summed E-state index contributed by atoms with van der Waals surface area (Å²) in [4.78, 5) is 2.37. The molecule has 0 saturated heterocycles. The van der Waals surface area contributed by atoms with Crippen molar-refractivity contribution >= 4 is 0 Å². The maximum absolute atomic E-state index is 6.38. The molecule has 1 aromatic carbocycles. The fraction of sp³-hybridized carbons (Fsp3) is 0.625. The Morgan fingerprint density at radius 3 is 2.81 bits per heavy atom. The Balaban J connectivity index is 2.02. The third-order valence-corrected chi connectivity index (χ3v) is 4.05. The minimum Gasteiger partial charge on any atom is -0.454 e. The third kappa shape index (κ3) is 4.09. The molecule has 0 bridgehead atoms. The van der Waals surface area contributed by atoms with E-state index in [1.54, 1.807) is 7.11 Å². The van der Waals surface area contributed by atoms with Crippen LogP contribution in [0.3, 0.4) is 0 Å². The van der Waals surface area contributed by atoms with Gasteiger partial charge in [0.25, 0.3) is 0 Å². The fourth-order valence-corrected chi connectivity index (χ4v) is 2.46. The standard InChI is InChI=1S/C16H26N2O3/c1-4-12(2)18(7-8-19-3)10-14(17)13-5-6-15-16(9-13)21-11-20-15/h5-6,9,12,14H,4,7-8,10-11,17H2,1-3H3. The van der Waals surface area contributed by atoms with Crippen molar-refractivity contribution in [2.24, 2.45) is 5.73 Å². The number of hydrogen-bond donors (Lipinski definition) is 1. The molecule has 1 aliphatic heterocycles. The lowest BCUT2D eigenvalue weighted by Crippen LogP contribution is -2.40. The molecule has 0 aliphatic carbocycles. The number of ether oxygens (including phenoxy) is 3. The molecule has 5 heteroatoms. The molecule has 1 heterocycles. The van der Waals surface area contributed by atoms with Crippen molar-refractivity contribution in [2.45, 2.75) is 32.4 Å². The van der Waals surface area contributed by atoms with Gasteiger partial charge in [0.15, 0.2) is 11.5 Å². The molecule has 1 aromatic rings. The topological polar surface area (TPSA) is 57.0 Å². The minimum absolute atomic E-state index is 0.0506. The molecule has 2 rings (SSSR count). The average molecular weight is 294 g/mol. The fourth-order valence-electron chi connectivity index (χ4n) is 2.46. The maximum Gasteiger partial charge on any atom is 0.231 e. The van der Waals surface area contributed by atoms with E-state index >= 15 is 0 Å². The van der Waals surface area contributed by atoms with E-state index in [0.29, 0.717) is 12.8 Å². The lowest BCUT2D eigenvalue weighted by Gasteiger charge is -2.30. The van der Waals surface area contributed by atoms with Gasteiger partial charge in [0.05, 0.1) is 6.61 Å². The zero-order valence-electron chi connectivity index (χ0n) is 13.2. The Morgan fingerprint density at radius 2 is 2.10 bits per heavy atom. The largest absolute Gasteiger partial charge is 0.454 e. The van der Waals surface area contributed by atoms with Gasteiger partial charge in [-0.2, -0.15) is 0 Å². The summed E-state index contributed by atoms with van der Waals surface area (Å²) >= 11 is 0. The highest BCUT2D eigenvalue weighted by Crippen LogP contribution is 2.34. The monoisotopic (exact) mass is 294 g/mol. The Bertz CT molecular complexity index is 453. The first-order valence-corrected chi connectivity index (χ1v) is 7.53. The number of benzene rings is 1. The van der Waals surface area contributed by atoms with Crippen LogP contribution in [0.15, 0.2) is 18.2 Å². The normalized spacial score (nSPS) is 16.2. The van der Waals surface area contributed by atoms with Crippen LogP contribution < -0.4 is 15.2 Å². The van der Waals surface area contributed by atoms with Crippen LogP contribution in [0.25, 0.3) is 0 Å². The lowest BCUT2D eigenvalue weighted by molar-refractivity contribution is 0.118. The van der Waals surface area contributed by atoms with E-state index in [0.717, 1.165) is 43.2 Å². The van der Waals surface area contributed by atoms with E-state index < -0.39 is 0 Å². The molecular formula is C16H26N2O3. The molecular weight excluding hydrogens is 268 g/mol. The van der Waals surface area contributed by atoms with E-state index in [1.807, 2.05) is 18.2 Å². The van der Waals surface area contributed by atoms with Crippen LogP contribution in [-0.4, -0.2) is 44.5 Å². The van der Waals surface area contributed by atoms with Gasteiger partial charge in [0.1, 0.15) is 0 Å². The molecule has 0 fully saturated rings. The van der Waals surface area contributed by atoms with E-state index in [-0.39, 0.29) is 6.04 Å². The van der Waals surface area contributed by atoms with E-state index in [9.17, 15) is 0 Å². The van der Waals surface area contributed by atoms with E-state index in [2.05, 4.69) is 18.7 Å². The van der Waals surface area contributed by atoms with Gasteiger partial charge in [-0.3, -0.25) is 4.90 Å². The first kappa shape index (κ1) is 16.1. The van der Waals surface area contributed by atoms with Crippen LogP contribution in [0, 0.1) is 0 Å². The van der Waals surface area contributed by atoms with Crippen LogP contribution >= 0.6 is 0 Å². The first-order valence-electron chi connectivity index (χ1n) is 7.53. The highest BCUT2D eigenvalue weighted by atomic mass is 16.7. The molecule has 118 valence electrons. The van der Waals surface area contributed by atoms with Gasteiger partial charge in [0.2, 0.25) is 6.79 Å². The predicted molar refractivity (Wildman–Crippen MR) is 82.7 cm³/mol. The highest BCUT2D eigenvalue weighted by Gasteiger charge is 2.19. The van der Waals surface area contributed by atoms with Gasteiger partial charge >= 0.3 is 0 Å². The SMILES string of the molecule is CCC(C)N(CCOC)CC(N)c1ccc2c(c1)OCO2. The summed E-state index contributed by atoms with van der Waals surface area (Å²) in [5.74, 6) is 1.58. The van der Waals surface area contributed by atoms with Crippen LogP contribution in [0.2, 0.25) is 0 Å². The van der Waals surface area contributed by atoms with Crippen molar-refractivity contribution in [1.29, 1.82) is 0 Å². The van der Waals surface area contributed by atoms with Crippen LogP contribution in [0.4, 0.5) is 0 Å². The second kappa shape index (κ2) is 7.64. The Labute approximate surface area is 127 Å². The number of rotatable bonds is 8. The second-order valence-corrected chi connectivity index (χ2v) is 5.46. The van der Waals surface area contributed by atoms with Gasteiger partial charge in [0, 0.05) is 32.3 Å². The smallest absolute Gasteiger partial charge is 0.231 e. The van der Waals surface area contributed by atoms with Gasteiger partial charge in [-0.15, -0.1) is 0 Å². The highest BCUT2D eigenvalue weighted by molar-refractivity contribution is 5.45. The van der Waals surface area contributed by atoms with Crippen LogP contribution in [-0.2, 0) is 4.74 Å². The summed E-state index contributed by atoms with van der Waals surface area (Å²) in [5, 5.41) is 0. The molecule has 0 spiro atoms. The molecule has 0 aromatic heterocycles. The van der Waals surface area contributed by atoms with Gasteiger partial charge in [-0.25, -0.2) is 0 Å². The quantitative estimate of drug-likeness (QED) is 0.796. The van der Waals surface area contributed by atoms with Gasteiger partial charge in [-0.1, -0.05) is 13.0 Å². The summed E-state index contributed by atoms with van der Waals surface area (Å²) in [6.45, 7) is 7.12. The predicted octanol–water partition coefficient (Wildman–Crippen LogP) is 2.16. The second-order valence-electron chi connectivity index (χ2n) is 5.46. The van der Waals surface area contributed by atoms with Gasteiger partial charge < -0.3 is 19.9 Å². The van der Waals surface area contributed by atoms with Crippen molar-refractivity contribution < 1.29 is 14.2 Å². The van der Waals surface area contributed by atoms with E-state index in [1.165, 1.54) is 0 Å². The van der Waals surface area contributed by atoms with Crippen molar-refractivity contribution in [3.8, 4) is 11.5 Å². The number of nitrogens with zero attached hydrogens (tertiary/aromatic N) is 1. The molecule has 1 aliphatic rings. The zero-order chi connectivity index (χ0) is 15.2. The number of hydrogen-bond acceptors (Lipinski definition) is 5. The van der Waals surface area contributed by atoms with Crippen molar-refractivity contribution in [3.05, 3.63) is 23.8 Å². The summed E-state index contributed by atoms with van der Waals surface area (Å²) in [7, 11) is 1.73. The minimum atomic E-state index is -0.0506. The molecule has 2 unspecified atom stereocenters. The average Bonchev–Trinajstić information content (AvgIpc) is 2.97. The van der Waals surface area contributed by atoms with Crippen molar-refractivity contribution in [3.63, 3.8) is 0 Å². The molecule has 0 saturated carbocycles. The zero-order valence-corrected chi connectivity index (χ0v) is 13.2.